The first kappa shape index (κ1) is 12.7. The molecule has 0 unspecified atom stereocenters. The van der Waals surface area contributed by atoms with Crippen molar-refractivity contribution in [1.82, 2.24) is 10.2 Å². The maximum Gasteiger partial charge on any atom is 0.416 e. The Hall–Kier alpha value is -0.770. The number of alkyl halides is 3. The molecule has 0 N–H and O–H groups in total. The normalized spacial score (nSPS) is 11.8. The van der Waals surface area contributed by atoms with E-state index in [9.17, 15) is 17.6 Å². The summed E-state index contributed by atoms with van der Waals surface area (Å²) < 4.78 is 51.4. The Morgan fingerprint density at radius 1 is 1.18 bits per heavy atom. The summed E-state index contributed by atoms with van der Waals surface area (Å²) in [5.41, 5.74) is -1.08. The Kier molecular flexibility index (Phi) is 3.34. The van der Waals surface area contributed by atoms with Gasteiger partial charge in [-0.25, -0.2) is 4.39 Å². The number of aromatic nitrogens is 2. The molecule has 0 aliphatic heterocycles. The fourth-order valence-corrected chi connectivity index (χ4v) is 2.50. The minimum Gasteiger partial charge on any atom is -0.206 e. The van der Waals surface area contributed by atoms with Crippen LogP contribution in [-0.4, -0.2) is 10.2 Å². The summed E-state index contributed by atoms with van der Waals surface area (Å²) in [5, 5.41) is 7.39. The number of hydrogen-bond donors (Lipinski definition) is 0. The lowest BCUT2D eigenvalue weighted by Gasteiger charge is -2.07. The topological polar surface area (TPSA) is 25.8 Å². The van der Waals surface area contributed by atoms with Crippen LogP contribution in [-0.2, 0) is 6.18 Å². The number of nitrogens with zero attached hydrogens (tertiary/aromatic N) is 2. The van der Waals surface area contributed by atoms with Crippen LogP contribution in [0.5, 0.6) is 0 Å². The van der Waals surface area contributed by atoms with E-state index in [0.29, 0.717) is 9.08 Å². The molecular formula is C9H3F4IN2S. The Morgan fingerprint density at radius 3 is 2.41 bits per heavy atom. The van der Waals surface area contributed by atoms with E-state index in [1.807, 2.05) is 22.6 Å². The molecular weight excluding hydrogens is 371 g/mol. The molecule has 0 spiro atoms. The van der Waals surface area contributed by atoms with Crippen LogP contribution in [0.2, 0.25) is 0 Å². The molecule has 0 saturated heterocycles. The lowest BCUT2D eigenvalue weighted by atomic mass is 10.1. The Balaban J connectivity index is 2.54. The third kappa shape index (κ3) is 2.73. The molecule has 1 aromatic carbocycles. The predicted molar refractivity (Wildman–Crippen MR) is 63.0 cm³/mol. The van der Waals surface area contributed by atoms with E-state index in [1.165, 1.54) is 0 Å². The Bertz CT molecular complexity index is 552. The molecule has 0 atom stereocenters. The highest BCUT2D eigenvalue weighted by Crippen LogP contribution is 2.34. The highest BCUT2D eigenvalue weighted by Gasteiger charge is 2.31. The van der Waals surface area contributed by atoms with Gasteiger partial charge >= 0.3 is 6.18 Å². The fourth-order valence-electron chi connectivity index (χ4n) is 1.18. The molecule has 8 heteroatoms. The second-order valence-corrected chi connectivity index (χ2v) is 5.78. The van der Waals surface area contributed by atoms with E-state index in [0.717, 1.165) is 23.5 Å². The molecule has 17 heavy (non-hydrogen) atoms. The summed E-state index contributed by atoms with van der Waals surface area (Å²) >= 11 is 2.90. The van der Waals surface area contributed by atoms with Gasteiger partial charge in [-0.15, -0.1) is 10.2 Å². The third-order valence-electron chi connectivity index (χ3n) is 1.92. The molecule has 0 radical (unpaired) electrons. The van der Waals surface area contributed by atoms with Crippen LogP contribution in [0.25, 0.3) is 10.6 Å². The van der Waals surface area contributed by atoms with Crippen LogP contribution >= 0.6 is 33.9 Å². The smallest absolute Gasteiger partial charge is 0.206 e. The van der Waals surface area contributed by atoms with Gasteiger partial charge in [-0.05, 0) is 40.8 Å². The predicted octanol–water partition coefficient (Wildman–Crippen LogP) is 3.97. The van der Waals surface area contributed by atoms with Gasteiger partial charge in [-0.2, -0.15) is 13.2 Å². The monoisotopic (exact) mass is 374 g/mol. The summed E-state index contributed by atoms with van der Waals surface area (Å²) in [6.45, 7) is 0. The largest absolute Gasteiger partial charge is 0.416 e. The third-order valence-corrected chi connectivity index (χ3v) is 3.55. The molecule has 1 aromatic heterocycles. The molecule has 1 heterocycles. The maximum atomic E-state index is 13.4. The van der Waals surface area contributed by atoms with Crippen molar-refractivity contribution in [3.8, 4) is 10.6 Å². The van der Waals surface area contributed by atoms with Gasteiger partial charge in [0.05, 0.1) is 5.56 Å². The number of rotatable bonds is 1. The first-order chi connectivity index (χ1) is 7.88. The average molecular weight is 374 g/mol. The second kappa shape index (κ2) is 4.48. The van der Waals surface area contributed by atoms with Gasteiger partial charge in [0.2, 0.25) is 0 Å². The average Bonchev–Trinajstić information content (AvgIpc) is 2.63. The van der Waals surface area contributed by atoms with Crippen LogP contribution in [0.1, 0.15) is 5.56 Å². The summed E-state index contributed by atoms with van der Waals surface area (Å²) in [4.78, 5) is 0. The van der Waals surface area contributed by atoms with Crippen molar-refractivity contribution in [3.05, 3.63) is 32.6 Å². The lowest BCUT2D eigenvalue weighted by Crippen LogP contribution is -2.05. The lowest BCUT2D eigenvalue weighted by molar-refractivity contribution is -0.137. The fraction of sp³-hybridized carbons (Fsp3) is 0.111. The van der Waals surface area contributed by atoms with Crippen molar-refractivity contribution < 1.29 is 17.6 Å². The first-order valence-corrected chi connectivity index (χ1v) is 6.13. The molecule has 0 bridgehead atoms. The van der Waals surface area contributed by atoms with Crippen molar-refractivity contribution >= 4 is 33.9 Å². The summed E-state index contributed by atoms with van der Waals surface area (Å²) in [5.74, 6) is -0.745. The molecule has 0 aliphatic carbocycles. The Labute approximate surface area is 111 Å². The first-order valence-electron chi connectivity index (χ1n) is 4.24. The number of hydrogen-bond acceptors (Lipinski definition) is 3. The SMILES string of the molecule is Fc1ccc(C(F)(F)F)cc1-c1nnc(I)s1. The Morgan fingerprint density at radius 2 is 1.88 bits per heavy atom. The van der Waals surface area contributed by atoms with Crippen LogP contribution in [0, 0.1) is 8.83 Å². The highest BCUT2D eigenvalue weighted by atomic mass is 127. The van der Waals surface area contributed by atoms with E-state index in [2.05, 4.69) is 10.2 Å². The second-order valence-electron chi connectivity index (χ2n) is 3.05. The zero-order valence-electron chi connectivity index (χ0n) is 7.92. The quantitative estimate of drug-likeness (QED) is 0.558. The van der Waals surface area contributed by atoms with Crippen LogP contribution in [0.15, 0.2) is 18.2 Å². The van der Waals surface area contributed by atoms with Crippen molar-refractivity contribution in [2.75, 3.05) is 0 Å². The minimum absolute atomic E-state index is 0.137. The van der Waals surface area contributed by atoms with E-state index < -0.39 is 17.6 Å². The summed E-state index contributed by atoms with van der Waals surface area (Å²) in [6.07, 6.45) is -4.50. The molecule has 2 aromatic rings. The summed E-state index contributed by atoms with van der Waals surface area (Å²) in [6, 6.07) is 2.23. The molecule has 0 amide bonds. The number of benzene rings is 1. The molecule has 2 rings (SSSR count). The maximum absolute atomic E-state index is 13.4. The molecule has 0 saturated carbocycles. The summed E-state index contributed by atoms with van der Waals surface area (Å²) in [7, 11) is 0. The van der Waals surface area contributed by atoms with Crippen LogP contribution < -0.4 is 0 Å². The molecule has 0 fully saturated rings. The van der Waals surface area contributed by atoms with E-state index in [-0.39, 0.29) is 10.6 Å². The van der Waals surface area contributed by atoms with Crippen LogP contribution in [0.3, 0.4) is 0 Å². The van der Waals surface area contributed by atoms with Gasteiger partial charge in [0, 0.05) is 5.56 Å². The van der Waals surface area contributed by atoms with E-state index in [4.69, 9.17) is 0 Å². The van der Waals surface area contributed by atoms with E-state index in [1.54, 1.807) is 0 Å². The van der Waals surface area contributed by atoms with Crippen molar-refractivity contribution in [3.63, 3.8) is 0 Å². The molecule has 2 nitrogen and oxygen atoms in total. The minimum atomic E-state index is -4.50. The van der Waals surface area contributed by atoms with Gasteiger partial charge in [-0.3, -0.25) is 0 Å². The van der Waals surface area contributed by atoms with Crippen molar-refractivity contribution in [1.29, 1.82) is 0 Å². The van der Waals surface area contributed by atoms with Crippen LogP contribution in [0.4, 0.5) is 17.6 Å². The zero-order valence-corrected chi connectivity index (χ0v) is 10.9. The van der Waals surface area contributed by atoms with E-state index >= 15 is 0 Å². The standard InChI is InChI=1S/C9H3F4IN2S/c10-6-2-1-4(9(11,12)13)3-5(6)7-15-16-8(14)17-7/h1-3H. The molecule has 0 aliphatic rings. The van der Waals surface area contributed by atoms with Gasteiger partial charge in [-0.1, -0.05) is 11.3 Å². The zero-order chi connectivity index (χ0) is 12.6. The van der Waals surface area contributed by atoms with Crippen molar-refractivity contribution in [2.45, 2.75) is 6.18 Å². The van der Waals surface area contributed by atoms with Gasteiger partial charge in [0.1, 0.15) is 5.82 Å². The van der Waals surface area contributed by atoms with Gasteiger partial charge < -0.3 is 0 Å². The number of halogens is 5. The van der Waals surface area contributed by atoms with Gasteiger partial charge in [0.15, 0.2) is 8.02 Å². The highest BCUT2D eigenvalue weighted by molar-refractivity contribution is 14.1. The van der Waals surface area contributed by atoms with Crippen molar-refractivity contribution in [2.24, 2.45) is 0 Å². The molecule has 90 valence electrons. The van der Waals surface area contributed by atoms with Gasteiger partial charge in [0.25, 0.3) is 0 Å².